The van der Waals surface area contributed by atoms with Gasteiger partial charge in [0.2, 0.25) is 5.71 Å². The van der Waals surface area contributed by atoms with Gasteiger partial charge < -0.3 is 8.98 Å². The Balaban J connectivity index is 0.000000232. The van der Waals surface area contributed by atoms with Crippen LogP contribution >= 0.6 is 0 Å². The second kappa shape index (κ2) is 16.2. The third kappa shape index (κ3) is 7.76. The van der Waals surface area contributed by atoms with Gasteiger partial charge in [-0.05, 0) is 71.0 Å². The van der Waals surface area contributed by atoms with Gasteiger partial charge in [-0.15, -0.1) is 18.2 Å². The maximum Gasteiger partial charge on any atom is 0.216 e. The molecule has 7 heteroatoms. The summed E-state index contributed by atoms with van der Waals surface area (Å²) in [4.78, 5) is 14.5. The van der Waals surface area contributed by atoms with Crippen molar-refractivity contribution < 1.29 is 24.5 Å². The Kier molecular flexibility index (Phi) is 11.4. The molecular formula is C50H48GeIrN4O-2. The van der Waals surface area contributed by atoms with Crippen molar-refractivity contribution in [2.75, 3.05) is 0 Å². The molecular weight excluding hydrogens is 937 g/mol. The number of hydrogen-bond donors (Lipinski definition) is 0. The Morgan fingerprint density at radius 2 is 1.51 bits per heavy atom. The number of fused-ring (bicyclic) bond motifs is 5. The molecule has 0 bridgehead atoms. The Morgan fingerprint density at radius 3 is 2.21 bits per heavy atom. The van der Waals surface area contributed by atoms with E-state index in [1.165, 1.54) is 37.5 Å². The SMILES string of the molecule is Cc1c[c-]c(-c2cc[c]([Ge]([CH3])([CH3])[CH3])cn2)cc1.Cc1ccc2c(n1)oc1c(-c3nc4ccccc4n3-c3c(C(C)C)cc4ccccc4c3C(C)C)[c-]ccc12.[Ir]. The molecule has 289 valence electrons. The van der Waals surface area contributed by atoms with Gasteiger partial charge in [0.1, 0.15) is 0 Å². The minimum Gasteiger partial charge on any atom is -0.486 e. The summed E-state index contributed by atoms with van der Waals surface area (Å²) in [6.07, 6.45) is 2.04. The molecule has 0 saturated carbocycles. The van der Waals surface area contributed by atoms with E-state index in [4.69, 9.17) is 9.40 Å². The fourth-order valence-electron chi connectivity index (χ4n) is 7.62. The first kappa shape index (κ1) is 40.3. The fraction of sp³-hybridized carbons (Fsp3) is 0.220. The molecule has 0 unspecified atom stereocenters. The molecule has 0 atom stereocenters. The number of hydrogen-bond acceptors (Lipinski definition) is 4. The van der Waals surface area contributed by atoms with E-state index in [0.717, 1.165) is 55.7 Å². The van der Waals surface area contributed by atoms with E-state index in [-0.39, 0.29) is 20.1 Å². The van der Waals surface area contributed by atoms with Crippen molar-refractivity contribution in [3.05, 3.63) is 150 Å². The van der Waals surface area contributed by atoms with E-state index in [1.54, 1.807) is 0 Å². The zero-order valence-corrected chi connectivity index (χ0v) is 38.6. The number of benzene rings is 5. The number of aromatic nitrogens is 4. The predicted molar refractivity (Wildman–Crippen MR) is 237 cm³/mol. The number of para-hydroxylation sites is 2. The average molecular weight is 986 g/mol. The van der Waals surface area contributed by atoms with Crippen LogP contribution < -0.4 is 4.40 Å². The maximum absolute atomic E-state index is 6.44. The van der Waals surface area contributed by atoms with Crippen molar-refractivity contribution in [2.45, 2.75) is 70.6 Å². The summed E-state index contributed by atoms with van der Waals surface area (Å²) < 4.78 is 10.2. The summed E-state index contributed by atoms with van der Waals surface area (Å²) in [5, 5.41) is 4.58. The van der Waals surface area contributed by atoms with Gasteiger partial charge in [0, 0.05) is 36.9 Å². The summed E-state index contributed by atoms with van der Waals surface area (Å²) in [5.41, 5.74) is 12.4. The maximum atomic E-state index is 6.44. The molecule has 4 aromatic heterocycles. The number of aryl methyl sites for hydroxylation is 2. The molecule has 9 aromatic rings. The molecule has 9 rings (SSSR count). The van der Waals surface area contributed by atoms with E-state index in [9.17, 15) is 0 Å². The monoisotopic (exact) mass is 987 g/mol. The van der Waals surface area contributed by atoms with E-state index in [0.29, 0.717) is 17.5 Å². The predicted octanol–water partition coefficient (Wildman–Crippen LogP) is 12.9. The van der Waals surface area contributed by atoms with Crippen LogP contribution in [-0.2, 0) is 20.1 Å². The Morgan fingerprint density at radius 1 is 0.737 bits per heavy atom. The van der Waals surface area contributed by atoms with Crippen LogP contribution in [0.15, 0.2) is 120 Å². The molecule has 4 heterocycles. The van der Waals surface area contributed by atoms with Crippen LogP contribution in [0, 0.1) is 26.0 Å². The summed E-state index contributed by atoms with van der Waals surface area (Å²) in [6, 6.07) is 44.9. The molecule has 5 nitrogen and oxygen atoms in total. The Bertz CT molecular complexity index is 2860. The average Bonchev–Trinajstić information content (AvgIpc) is 3.75. The molecule has 0 aliphatic carbocycles. The zero-order chi connectivity index (χ0) is 39.3. The molecule has 0 amide bonds. The largest absolute Gasteiger partial charge is 0.486 e. The van der Waals surface area contributed by atoms with Crippen LogP contribution in [0.1, 0.15) is 61.9 Å². The Labute approximate surface area is 352 Å². The zero-order valence-electron chi connectivity index (χ0n) is 34.2. The quantitative estimate of drug-likeness (QED) is 0.123. The molecule has 5 aromatic carbocycles. The third-order valence-electron chi connectivity index (χ3n) is 10.6. The standard InChI is InChI=1S/C35H30N3O.C15H18GeN.Ir/c1-20(2)28-19-23-11-6-7-12-24(23)31(21(3)4)32(28)38-30-16-9-8-15-29(30)37-34(38)27-14-10-13-25-26-18-17-22(5)36-35(26)39-33(25)27;1-12-5-7-13(8-6-12)15-10-9-14(11-17-15)16(2,3)4;/h6-13,15-21H,1-5H3;5-7,9-11H,1-4H3;/q2*-1;. The van der Waals surface area contributed by atoms with Crippen molar-refractivity contribution in [3.8, 4) is 28.3 Å². The van der Waals surface area contributed by atoms with E-state index >= 15 is 0 Å². The Hall–Kier alpha value is -4.88. The molecule has 0 fully saturated rings. The molecule has 0 aliphatic rings. The minimum atomic E-state index is -1.73. The molecule has 0 spiro atoms. The first-order valence-electron chi connectivity index (χ1n) is 19.6. The van der Waals surface area contributed by atoms with Crippen molar-refractivity contribution in [2.24, 2.45) is 0 Å². The smallest absolute Gasteiger partial charge is 0.216 e. The van der Waals surface area contributed by atoms with Gasteiger partial charge in [-0.1, -0.05) is 75.0 Å². The summed E-state index contributed by atoms with van der Waals surface area (Å²) in [7, 11) is 0. The normalized spacial score (nSPS) is 11.8. The van der Waals surface area contributed by atoms with Gasteiger partial charge in [0.15, 0.2) is 0 Å². The summed E-state index contributed by atoms with van der Waals surface area (Å²) in [5.74, 6) is 8.60. The number of imidazole rings is 1. The second-order valence-electron chi connectivity index (χ2n) is 16.5. The second-order valence-corrected chi connectivity index (χ2v) is 27.1. The van der Waals surface area contributed by atoms with Crippen LogP contribution in [0.2, 0.25) is 17.3 Å². The van der Waals surface area contributed by atoms with Crippen molar-refractivity contribution >= 4 is 61.5 Å². The van der Waals surface area contributed by atoms with Crippen LogP contribution in [0.5, 0.6) is 0 Å². The van der Waals surface area contributed by atoms with Gasteiger partial charge >= 0.3 is 106 Å². The minimum absolute atomic E-state index is 0. The number of furan rings is 1. The van der Waals surface area contributed by atoms with E-state index in [1.807, 2.05) is 31.3 Å². The van der Waals surface area contributed by atoms with Crippen molar-refractivity contribution in [3.63, 3.8) is 0 Å². The molecule has 57 heavy (non-hydrogen) atoms. The molecule has 1 radical (unpaired) electrons. The fourth-order valence-corrected chi connectivity index (χ4v) is 9.79. The number of pyridine rings is 2. The van der Waals surface area contributed by atoms with Crippen molar-refractivity contribution in [1.29, 1.82) is 0 Å². The van der Waals surface area contributed by atoms with Crippen molar-refractivity contribution in [1.82, 2.24) is 19.5 Å². The van der Waals surface area contributed by atoms with Gasteiger partial charge in [-0.2, -0.15) is 0 Å². The first-order valence-corrected chi connectivity index (χ1v) is 26.9. The van der Waals surface area contributed by atoms with Crippen LogP contribution in [0.25, 0.3) is 72.2 Å². The summed E-state index contributed by atoms with van der Waals surface area (Å²) >= 11 is -1.73. The van der Waals surface area contributed by atoms with Crippen LogP contribution in [0.3, 0.4) is 0 Å². The molecule has 0 saturated heterocycles. The van der Waals surface area contributed by atoms with E-state index < -0.39 is 13.3 Å². The van der Waals surface area contributed by atoms with Crippen LogP contribution in [-0.4, -0.2) is 32.8 Å². The number of rotatable bonds is 6. The molecule has 0 N–H and O–H groups in total. The van der Waals surface area contributed by atoms with Gasteiger partial charge in [-0.25, -0.2) is 4.98 Å². The van der Waals surface area contributed by atoms with E-state index in [2.05, 4.69) is 170 Å². The van der Waals surface area contributed by atoms with Gasteiger partial charge in [-0.3, -0.25) is 4.98 Å². The summed E-state index contributed by atoms with van der Waals surface area (Å²) in [6.45, 7) is 13.2. The number of nitrogens with zero attached hydrogens (tertiary/aromatic N) is 4. The van der Waals surface area contributed by atoms with Gasteiger partial charge in [0.05, 0.1) is 22.4 Å². The topological polar surface area (TPSA) is 56.7 Å². The van der Waals surface area contributed by atoms with Crippen LogP contribution in [0.4, 0.5) is 0 Å². The molecule has 0 aliphatic heterocycles. The first-order chi connectivity index (χ1) is 26.9. The van der Waals surface area contributed by atoms with Gasteiger partial charge in [0.25, 0.3) is 0 Å². The third-order valence-corrected chi connectivity index (χ3v) is 14.9.